The second-order valence-corrected chi connectivity index (χ2v) is 8.41. The summed E-state index contributed by atoms with van der Waals surface area (Å²) in [6, 6.07) is 0. The van der Waals surface area contributed by atoms with Crippen LogP contribution in [-0.4, -0.2) is 34.7 Å². The van der Waals surface area contributed by atoms with Gasteiger partial charge in [-0.3, -0.25) is 14.4 Å². The number of esters is 2. The minimum Gasteiger partial charge on any atom is -0.393 e. The van der Waals surface area contributed by atoms with Crippen molar-refractivity contribution in [1.82, 2.24) is 0 Å². The maximum absolute atomic E-state index is 11.7. The van der Waals surface area contributed by atoms with Gasteiger partial charge in [0.1, 0.15) is 6.29 Å². The molecule has 0 spiro atoms. The number of rotatable bonds is 4. The van der Waals surface area contributed by atoms with Crippen molar-refractivity contribution in [3.8, 4) is 0 Å². The maximum atomic E-state index is 11.7. The quantitative estimate of drug-likeness (QED) is 0.344. The summed E-state index contributed by atoms with van der Waals surface area (Å²) in [4.78, 5) is 50.5. The smallest absolute Gasteiger partial charge is 0.328 e. The lowest BCUT2D eigenvalue weighted by Crippen LogP contribution is -2.36. The Morgan fingerprint density at radius 3 is 2.46 bits per heavy atom. The molecule has 6 unspecified atom stereocenters. The van der Waals surface area contributed by atoms with E-state index >= 15 is 0 Å². The van der Waals surface area contributed by atoms with E-state index in [2.05, 4.69) is 4.84 Å². The highest BCUT2D eigenvalue weighted by Crippen LogP contribution is 2.45. The van der Waals surface area contributed by atoms with Gasteiger partial charge < -0.3 is 14.4 Å². The number of hydrogen-bond acceptors (Lipinski definition) is 8. The van der Waals surface area contributed by atoms with Crippen molar-refractivity contribution in [2.45, 2.75) is 49.0 Å². The number of carbonyl (C=O) groups excluding carboxylic acids is 4. The molecule has 7 nitrogen and oxygen atoms in total. The van der Waals surface area contributed by atoms with Crippen molar-refractivity contribution in [3.05, 3.63) is 0 Å². The summed E-state index contributed by atoms with van der Waals surface area (Å²) in [5, 5.41) is 0.539. The molecule has 3 fully saturated rings. The van der Waals surface area contributed by atoms with E-state index < -0.39 is 17.9 Å². The first-order valence-corrected chi connectivity index (χ1v) is 9.24. The van der Waals surface area contributed by atoms with E-state index in [4.69, 9.17) is 10.6 Å². The first-order chi connectivity index (χ1) is 11.5. The molecule has 1 aliphatic heterocycles. The van der Waals surface area contributed by atoms with Crippen LogP contribution >= 0.6 is 11.8 Å². The van der Waals surface area contributed by atoms with Gasteiger partial charge in [0.15, 0.2) is 0 Å². The minimum absolute atomic E-state index is 0.261. The van der Waals surface area contributed by atoms with Crippen LogP contribution in [0.5, 0.6) is 0 Å². The van der Waals surface area contributed by atoms with Crippen molar-refractivity contribution in [1.29, 1.82) is 0 Å². The third kappa shape index (κ3) is 3.35. The molecule has 132 valence electrons. The normalized spacial score (nSPS) is 39.0. The lowest BCUT2D eigenvalue weighted by Gasteiger charge is -2.35. The van der Waals surface area contributed by atoms with Crippen LogP contribution in [0, 0.1) is 23.7 Å². The first kappa shape index (κ1) is 17.4. The van der Waals surface area contributed by atoms with Gasteiger partial charge in [-0.1, -0.05) is 0 Å². The Bertz CT molecular complexity index is 553. The molecule has 6 atom stereocenters. The summed E-state index contributed by atoms with van der Waals surface area (Å²) in [6.45, 7) is 0. The topological polar surface area (TPSA) is 113 Å². The van der Waals surface area contributed by atoms with Gasteiger partial charge >= 0.3 is 17.9 Å². The van der Waals surface area contributed by atoms with Gasteiger partial charge in [0.05, 0.1) is 17.8 Å². The Kier molecular flexibility index (Phi) is 5.24. The second kappa shape index (κ2) is 7.23. The molecule has 2 aliphatic carbocycles. The molecule has 3 rings (SSSR count). The van der Waals surface area contributed by atoms with Crippen LogP contribution in [0.1, 0.15) is 38.5 Å². The Morgan fingerprint density at radius 1 is 1.08 bits per heavy atom. The van der Waals surface area contributed by atoms with E-state index in [1.807, 2.05) is 0 Å². The largest absolute Gasteiger partial charge is 0.393 e. The fraction of sp³-hybridized carbons (Fsp3) is 0.750. The number of nitrogens with two attached hydrogens (primary N) is 1. The summed E-state index contributed by atoms with van der Waals surface area (Å²) in [5.74, 6) is 2.23. The van der Waals surface area contributed by atoms with E-state index in [1.165, 1.54) is 0 Å². The molecule has 2 N–H and O–H groups in total. The van der Waals surface area contributed by atoms with E-state index in [0.29, 0.717) is 25.7 Å². The number of hydrogen-bond donors (Lipinski definition) is 1. The Balaban J connectivity index is 1.56. The van der Waals surface area contributed by atoms with Crippen LogP contribution in [0.15, 0.2) is 0 Å². The Morgan fingerprint density at radius 2 is 1.75 bits per heavy atom. The minimum atomic E-state index is -0.525. The predicted octanol–water partition coefficient (Wildman–Crippen LogP) is 0.989. The maximum Gasteiger partial charge on any atom is 0.328 e. The van der Waals surface area contributed by atoms with Gasteiger partial charge in [0.2, 0.25) is 0 Å². The molecule has 0 amide bonds. The molecule has 0 aromatic heterocycles. The van der Waals surface area contributed by atoms with Gasteiger partial charge in [0, 0.05) is 16.4 Å². The van der Waals surface area contributed by atoms with Gasteiger partial charge in [-0.15, -0.1) is 0 Å². The van der Waals surface area contributed by atoms with Crippen molar-refractivity contribution in [2.24, 2.45) is 29.6 Å². The fourth-order valence-electron chi connectivity index (χ4n) is 4.14. The van der Waals surface area contributed by atoms with Crippen molar-refractivity contribution >= 4 is 36.0 Å². The number of aldehydes is 1. The highest BCUT2D eigenvalue weighted by molar-refractivity contribution is 8.00. The van der Waals surface area contributed by atoms with E-state index in [0.717, 1.165) is 19.1 Å². The van der Waals surface area contributed by atoms with Crippen molar-refractivity contribution < 1.29 is 28.8 Å². The third-order valence-corrected chi connectivity index (χ3v) is 7.07. The zero-order valence-electron chi connectivity index (χ0n) is 13.2. The highest BCUT2D eigenvalue weighted by Gasteiger charge is 2.48. The lowest BCUT2D eigenvalue weighted by atomic mass is 9.80. The summed E-state index contributed by atoms with van der Waals surface area (Å²) >= 11 is 1.77. The number of carbonyl (C=O) groups is 4. The van der Waals surface area contributed by atoms with E-state index in [1.54, 1.807) is 11.8 Å². The number of cyclic esters (lactones) is 2. The molecule has 0 aromatic carbocycles. The standard InChI is InChI=1S/C16H21NO6S/c17-23-16(21)11-3-1-9(5-8(11)7-18)24-10-2-4-12-13(6-10)15(20)22-14(12)19/h7-13H,1-6,17H2. The van der Waals surface area contributed by atoms with E-state index in [9.17, 15) is 19.2 Å². The monoisotopic (exact) mass is 355 g/mol. The first-order valence-electron chi connectivity index (χ1n) is 8.30. The highest BCUT2D eigenvalue weighted by atomic mass is 32.2. The molecular weight excluding hydrogens is 334 g/mol. The van der Waals surface area contributed by atoms with Gasteiger partial charge in [-0.25, -0.2) is 0 Å². The van der Waals surface area contributed by atoms with Gasteiger partial charge in [-0.2, -0.15) is 17.7 Å². The average molecular weight is 355 g/mol. The fourth-order valence-corrected chi connectivity index (χ4v) is 5.88. The van der Waals surface area contributed by atoms with Crippen molar-refractivity contribution in [3.63, 3.8) is 0 Å². The molecule has 2 saturated carbocycles. The van der Waals surface area contributed by atoms with Crippen LogP contribution in [0.4, 0.5) is 0 Å². The van der Waals surface area contributed by atoms with E-state index in [-0.39, 0.29) is 34.2 Å². The number of thioether (sulfide) groups is 1. The van der Waals surface area contributed by atoms with Crippen molar-refractivity contribution in [2.75, 3.05) is 0 Å². The molecule has 1 saturated heterocycles. The van der Waals surface area contributed by atoms with Crippen LogP contribution < -0.4 is 5.90 Å². The Labute approximate surface area is 143 Å². The molecule has 8 heteroatoms. The molecule has 1 heterocycles. The summed E-state index contributed by atoms with van der Waals surface area (Å²) < 4.78 is 4.74. The third-order valence-electron chi connectivity index (χ3n) is 5.44. The molecule has 0 bridgehead atoms. The average Bonchev–Trinajstić information content (AvgIpc) is 2.88. The number of fused-ring (bicyclic) bond motifs is 1. The summed E-state index contributed by atoms with van der Waals surface area (Å²) in [5.41, 5.74) is 0. The van der Waals surface area contributed by atoms with Gasteiger partial charge in [-0.05, 0) is 38.5 Å². The van der Waals surface area contributed by atoms with Crippen LogP contribution in [-0.2, 0) is 28.8 Å². The molecule has 0 radical (unpaired) electrons. The Hall–Kier alpha value is -1.41. The zero-order valence-corrected chi connectivity index (χ0v) is 14.0. The lowest BCUT2D eigenvalue weighted by molar-refractivity contribution is -0.154. The molecule has 0 aromatic rings. The molecule has 24 heavy (non-hydrogen) atoms. The van der Waals surface area contributed by atoms with Crippen LogP contribution in [0.3, 0.4) is 0 Å². The summed E-state index contributed by atoms with van der Waals surface area (Å²) in [7, 11) is 0. The SMILES string of the molecule is NOC(=O)C1CCC(SC2CCC3C(=O)OC(=O)C3C2)CC1C=O. The molecular formula is C16H21NO6S. The molecule has 3 aliphatic rings. The van der Waals surface area contributed by atoms with Crippen LogP contribution in [0.2, 0.25) is 0 Å². The number of ether oxygens (including phenoxy) is 1. The predicted molar refractivity (Wildman–Crippen MR) is 84.3 cm³/mol. The zero-order chi connectivity index (χ0) is 17.3. The second-order valence-electron chi connectivity index (χ2n) is 6.80. The van der Waals surface area contributed by atoms with Crippen LogP contribution in [0.25, 0.3) is 0 Å². The van der Waals surface area contributed by atoms with Gasteiger partial charge in [0.25, 0.3) is 0 Å². The summed E-state index contributed by atoms with van der Waals surface area (Å²) in [6.07, 6.45) is 5.01.